The summed E-state index contributed by atoms with van der Waals surface area (Å²) < 4.78 is 6.81. The molecule has 2 aliphatic rings. The van der Waals surface area contributed by atoms with E-state index in [-0.39, 0.29) is 5.56 Å². The molecule has 8 nitrogen and oxygen atoms in total. The van der Waals surface area contributed by atoms with Crippen molar-refractivity contribution in [2.75, 3.05) is 18.0 Å². The van der Waals surface area contributed by atoms with Crippen molar-refractivity contribution in [3.63, 3.8) is 0 Å². The maximum atomic E-state index is 12.2. The number of anilines is 1. The lowest BCUT2D eigenvalue weighted by Crippen LogP contribution is -2.33. The molecule has 136 valence electrons. The molecule has 1 aliphatic carbocycles. The summed E-state index contributed by atoms with van der Waals surface area (Å²) in [5, 5.41) is 9.53. The number of aryl methyl sites for hydroxylation is 1. The molecule has 5 rings (SSSR count). The molecule has 1 aliphatic heterocycles. The highest BCUT2D eigenvalue weighted by Crippen LogP contribution is 2.40. The van der Waals surface area contributed by atoms with Crippen molar-refractivity contribution in [1.82, 2.24) is 24.7 Å². The van der Waals surface area contributed by atoms with Gasteiger partial charge in [0.25, 0.3) is 5.56 Å². The summed E-state index contributed by atoms with van der Waals surface area (Å²) in [6.07, 6.45) is 5.01. The molecule has 2 fully saturated rings. The molecular weight excluding hydrogens is 352 g/mol. The van der Waals surface area contributed by atoms with Gasteiger partial charge in [0.15, 0.2) is 5.82 Å². The topological polar surface area (TPSA) is 89.4 Å². The minimum Gasteiger partial charge on any atom is -0.347 e. The van der Waals surface area contributed by atoms with E-state index in [4.69, 9.17) is 4.52 Å². The van der Waals surface area contributed by atoms with E-state index in [2.05, 4.69) is 25.1 Å². The largest absolute Gasteiger partial charge is 0.347 e. The number of fused-ring (bicyclic) bond motifs is 1. The summed E-state index contributed by atoms with van der Waals surface area (Å²) >= 11 is 1.48. The van der Waals surface area contributed by atoms with Crippen LogP contribution in [0.1, 0.15) is 61.9 Å². The van der Waals surface area contributed by atoms with Crippen molar-refractivity contribution in [1.29, 1.82) is 0 Å². The molecule has 0 atom stereocenters. The van der Waals surface area contributed by atoms with Crippen molar-refractivity contribution in [3.8, 4) is 0 Å². The molecule has 0 bridgehead atoms. The highest BCUT2D eigenvalue weighted by molar-refractivity contribution is 7.20. The van der Waals surface area contributed by atoms with Gasteiger partial charge < -0.3 is 9.42 Å². The molecule has 0 radical (unpaired) electrons. The molecular formula is C17H20N6O2S. The normalized spacial score (nSPS) is 18.7. The van der Waals surface area contributed by atoms with Gasteiger partial charge in [0.2, 0.25) is 16.0 Å². The first-order chi connectivity index (χ1) is 12.7. The van der Waals surface area contributed by atoms with Gasteiger partial charge in [0, 0.05) is 36.7 Å². The van der Waals surface area contributed by atoms with Crippen molar-refractivity contribution in [2.24, 2.45) is 0 Å². The average Bonchev–Trinajstić information content (AvgIpc) is 3.23. The number of piperidine rings is 1. The standard InChI is InChI=1S/C17H20N6O2S/c1-2-12-9-13(24)23-16(18-12)26-17(20-23)22-7-5-10(6-8-22)14-19-15(25-21-14)11-3-4-11/h9-11H,2-8H2,1H3. The van der Waals surface area contributed by atoms with Crippen LogP contribution >= 0.6 is 11.3 Å². The van der Waals surface area contributed by atoms with Crippen LogP contribution in [0.2, 0.25) is 0 Å². The van der Waals surface area contributed by atoms with E-state index in [1.165, 1.54) is 28.7 Å². The highest BCUT2D eigenvalue weighted by atomic mass is 32.1. The molecule has 1 saturated heterocycles. The second-order valence-corrected chi connectivity index (χ2v) is 7.98. The minimum absolute atomic E-state index is 0.108. The monoisotopic (exact) mass is 372 g/mol. The Kier molecular flexibility index (Phi) is 3.77. The first kappa shape index (κ1) is 15.9. The van der Waals surface area contributed by atoms with Crippen LogP contribution in [0.25, 0.3) is 4.96 Å². The lowest BCUT2D eigenvalue weighted by atomic mass is 9.96. The van der Waals surface area contributed by atoms with Gasteiger partial charge in [-0.15, -0.1) is 5.10 Å². The van der Waals surface area contributed by atoms with Gasteiger partial charge in [0.1, 0.15) is 0 Å². The van der Waals surface area contributed by atoms with Crippen LogP contribution in [0.5, 0.6) is 0 Å². The molecule has 1 saturated carbocycles. The van der Waals surface area contributed by atoms with E-state index in [1.807, 2.05) is 6.92 Å². The SMILES string of the molecule is CCc1cc(=O)n2nc(N3CCC(c4noc(C5CC5)n4)CC3)sc2n1. The molecule has 4 heterocycles. The van der Waals surface area contributed by atoms with Crippen molar-refractivity contribution in [2.45, 2.75) is 50.9 Å². The summed E-state index contributed by atoms with van der Waals surface area (Å²) in [7, 11) is 0. The van der Waals surface area contributed by atoms with E-state index in [0.29, 0.717) is 16.8 Å². The van der Waals surface area contributed by atoms with Crippen molar-refractivity contribution < 1.29 is 4.52 Å². The summed E-state index contributed by atoms with van der Waals surface area (Å²) in [4.78, 5) is 24.2. The van der Waals surface area contributed by atoms with Crippen molar-refractivity contribution in [3.05, 3.63) is 33.8 Å². The molecule has 0 amide bonds. The number of nitrogens with zero attached hydrogens (tertiary/aromatic N) is 6. The third-order valence-corrected chi connectivity index (χ3v) is 6.13. The lowest BCUT2D eigenvalue weighted by Gasteiger charge is -2.29. The Bertz CT molecular complexity index is 996. The molecule has 9 heteroatoms. The van der Waals surface area contributed by atoms with Crippen LogP contribution in [0, 0.1) is 0 Å². The summed E-state index contributed by atoms with van der Waals surface area (Å²) in [6.45, 7) is 3.73. The summed E-state index contributed by atoms with van der Waals surface area (Å²) in [5.41, 5.74) is 0.705. The Hall–Kier alpha value is -2.29. The van der Waals surface area contributed by atoms with Gasteiger partial charge in [-0.2, -0.15) is 9.50 Å². The van der Waals surface area contributed by atoms with Gasteiger partial charge >= 0.3 is 0 Å². The van der Waals surface area contributed by atoms with E-state index in [1.54, 1.807) is 6.07 Å². The number of hydrogen-bond acceptors (Lipinski definition) is 8. The smallest absolute Gasteiger partial charge is 0.275 e. The van der Waals surface area contributed by atoms with Gasteiger partial charge in [-0.1, -0.05) is 23.4 Å². The van der Waals surface area contributed by atoms with E-state index in [9.17, 15) is 4.79 Å². The zero-order valence-electron chi connectivity index (χ0n) is 14.6. The third-order valence-electron chi connectivity index (χ3n) is 5.16. The lowest BCUT2D eigenvalue weighted by molar-refractivity contribution is 0.365. The third kappa shape index (κ3) is 2.80. The fourth-order valence-electron chi connectivity index (χ4n) is 3.39. The van der Waals surface area contributed by atoms with E-state index < -0.39 is 0 Å². The maximum absolute atomic E-state index is 12.2. The first-order valence-electron chi connectivity index (χ1n) is 9.19. The van der Waals surface area contributed by atoms with Gasteiger partial charge in [0.05, 0.1) is 0 Å². The fraction of sp³-hybridized carbons (Fsp3) is 0.588. The van der Waals surface area contributed by atoms with Gasteiger partial charge in [-0.25, -0.2) is 4.98 Å². The van der Waals surface area contributed by atoms with Crippen LogP contribution in [-0.4, -0.2) is 37.8 Å². The van der Waals surface area contributed by atoms with E-state index >= 15 is 0 Å². The Labute approximate surface area is 153 Å². The molecule has 3 aromatic rings. The predicted molar refractivity (Wildman–Crippen MR) is 97.0 cm³/mol. The Morgan fingerprint density at radius 2 is 2.00 bits per heavy atom. The highest BCUT2D eigenvalue weighted by Gasteiger charge is 2.32. The minimum atomic E-state index is -0.108. The average molecular weight is 372 g/mol. The number of hydrogen-bond donors (Lipinski definition) is 0. The number of aromatic nitrogens is 5. The Morgan fingerprint density at radius 3 is 2.73 bits per heavy atom. The van der Waals surface area contributed by atoms with Gasteiger partial charge in [-0.3, -0.25) is 4.79 Å². The van der Waals surface area contributed by atoms with Gasteiger partial charge in [-0.05, 0) is 32.1 Å². The summed E-state index contributed by atoms with van der Waals surface area (Å²) in [6, 6.07) is 1.57. The number of rotatable bonds is 4. The molecule has 0 aromatic carbocycles. The summed E-state index contributed by atoms with van der Waals surface area (Å²) in [5.74, 6) is 2.49. The first-order valence-corrected chi connectivity index (χ1v) is 10.0. The quantitative estimate of drug-likeness (QED) is 0.694. The zero-order chi connectivity index (χ0) is 17.7. The molecule has 0 unspecified atom stereocenters. The molecule has 26 heavy (non-hydrogen) atoms. The maximum Gasteiger partial charge on any atom is 0.275 e. The molecule has 0 N–H and O–H groups in total. The van der Waals surface area contributed by atoms with E-state index in [0.717, 1.165) is 54.9 Å². The predicted octanol–water partition coefficient (Wildman–Crippen LogP) is 2.36. The van der Waals surface area contributed by atoms with Crippen LogP contribution in [0.3, 0.4) is 0 Å². The second-order valence-electron chi connectivity index (χ2n) is 7.04. The Balaban J connectivity index is 1.32. The Morgan fingerprint density at radius 1 is 1.19 bits per heavy atom. The molecule has 3 aromatic heterocycles. The van der Waals surface area contributed by atoms with Crippen LogP contribution in [0.4, 0.5) is 5.13 Å². The fourth-order valence-corrected chi connectivity index (χ4v) is 4.37. The van der Waals surface area contributed by atoms with Crippen LogP contribution in [-0.2, 0) is 6.42 Å². The second kappa shape index (κ2) is 6.15. The zero-order valence-corrected chi connectivity index (χ0v) is 15.4. The van der Waals surface area contributed by atoms with Crippen LogP contribution < -0.4 is 10.5 Å². The van der Waals surface area contributed by atoms with Crippen LogP contribution in [0.15, 0.2) is 15.4 Å². The van der Waals surface area contributed by atoms with Crippen molar-refractivity contribution >= 4 is 21.4 Å². The molecule has 0 spiro atoms.